The lowest BCUT2D eigenvalue weighted by Crippen LogP contribution is -2.39. The molecule has 0 saturated heterocycles. The van der Waals surface area contributed by atoms with Crippen molar-refractivity contribution in [2.24, 2.45) is 5.73 Å². The highest BCUT2D eigenvalue weighted by Gasteiger charge is 2.19. The van der Waals surface area contributed by atoms with E-state index in [0.717, 1.165) is 12.8 Å². The van der Waals surface area contributed by atoms with Crippen LogP contribution in [0.3, 0.4) is 0 Å². The van der Waals surface area contributed by atoms with Gasteiger partial charge in [0.05, 0.1) is 6.33 Å². The van der Waals surface area contributed by atoms with Crippen molar-refractivity contribution in [1.29, 1.82) is 0 Å². The van der Waals surface area contributed by atoms with Gasteiger partial charge in [-0.3, -0.25) is 4.79 Å². The van der Waals surface area contributed by atoms with Crippen molar-refractivity contribution in [3.63, 3.8) is 0 Å². The van der Waals surface area contributed by atoms with E-state index in [1.54, 1.807) is 0 Å². The Kier molecular flexibility index (Phi) is 5.64. The number of rotatable bonds is 6. The van der Waals surface area contributed by atoms with Crippen molar-refractivity contribution in [2.45, 2.75) is 32.7 Å². The first kappa shape index (κ1) is 14.2. The zero-order valence-corrected chi connectivity index (χ0v) is 11.8. The molecule has 0 amide bonds. The molecular weight excluding hydrogens is 284 g/mol. The predicted octanol–water partition coefficient (Wildman–Crippen LogP) is 1.49. The molecule has 1 rings (SSSR count). The summed E-state index contributed by atoms with van der Waals surface area (Å²) in [6, 6.07) is 0.351. The summed E-state index contributed by atoms with van der Waals surface area (Å²) in [4.78, 5) is 20.4. The van der Waals surface area contributed by atoms with Crippen LogP contribution in [-0.4, -0.2) is 29.1 Å². The second-order valence-electron chi connectivity index (χ2n) is 3.82. The van der Waals surface area contributed by atoms with Gasteiger partial charge in [-0.15, -0.1) is 0 Å². The van der Waals surface area contributed by atoms with Crippen molar-refractivity contribution in [1.82, 2.24) is 9.97 Å². The fourth-order valence-electron chi connectivity index (χ4n) is 1.90. The molecule has 0 saturated carbocycles. The molecule has 0 aliphatic rings. The highest BCUT2D eigenvalue weighted by atomic mass is 79.9. The lowest BCUT2D eigenvalue weighted by atomic mass is 10.1. The molecule has 0 aliphatic carbocycles. The Hall–Kier alpha value is -0.880. The van der Waals surface area contributed by atoms with Crippen molar-refractivity contribution < 1.29 is 0 Å². The van der Waals surface area contributed by atoms with E-state index in [1.807, 2.05) is 0 Å². The molecule has 0 unspecified atom stereocenters. The third-order valence-electron chi connectivity index (χ3n) is 2.80. The normalized spacial score (nSPS) is 10.9. The molecule has 0 fully saturated rings. The Morgan fingerprint density at radius 2 is 2.18 bits per heavy atom. The lowest BCUT2D eigenvalue weighted by Gasteiger charge is -2.31. The van der Waals surface area contributed by atoms with Crippen LogP contribution in [0.2, 0.25) is 0 Å². The van der Waals surface area contributed by atoms with E-state index in [2.05, 4.69) is 44.6 Å². The maximum Gasteiger partial charge on any atom is 0.267 e. The van der Waals surface area contributed by atoms with Gasteiger partial charge in [-0.1, -0.05) is 13.8 Å². The van der Waals surface area contributed by atoms with Gasteiger partial charge in [-0.25, -0.2) is 4.98 Å². The molecule has 0 bridgehead atoms. The molecule has 1 aromatic heterocycles. The molecule has 96 valence electrons. The number of aromatic amines is 1. The summed E-state index contributed by atoms with van der Waals surface area (Å²) in [5, 5.41) is 0. The molecule has 0 atom stereocenters. The number of hydrogen-bond acceptors (Lipinski definition) is 4. The van der Waals surface area contributed by atoms with Crippen LogP contribution in [0.25, 0.3) is 0 Å². The van der Waals surface area contributed by atoms with E-state index >= 15 is 0 Å². The zero-order valence-electron chi connectivity index (χ0n) is 10.2. The highest BCUT2D eigenvalue weighted by Crippen LogP contribution is 2.23. The Bertz CT molecular complexity index is 403. The van der Waals surface area contributed by atoms with Gasteiger partial charge in [0, 0.05) is 19.1 Å². The predicted molar refractivity (Wildman–Crippen MR) is 73.3 cm³/mol. The van der Waals surface area contributed by atoms with Gasteiger partial charge in [0.1, 0.15) is 4.47 Å². The Balaban J connectivity index is 3.13. The van der Waals surface area contributed by atoms with E-state index in [0.29, 0.717) is 29.4 Å². The molecular formula is C11H19BrN4O. The molecule has 0 radical (unpaired) electrons. The van der Waals surface area contributed by atoms with E-state index in [-0.39, 0.29) is 5.56 Å². The van der Waals surface area contributed by atoms with Crippen LogP contribution < -0.4 is 16.2 Å². The SMILES string of the molecule is CCC(CC)N(CCN)c1nc[nH]c(=O)c1Br. The van der Waals surface area contributed by atoms with Gasteiger partial charge in [-0.05, 0) is 28.8 Å². The van der Waals surface area contributed by atoms with Gasteiger partial charge in [0.15, 0.2) is 5.82 Å². The standard InChI is InChI=1S/C11H19BrN4O/c1-3-8(4-2)16(6-5-13)10-9(12)11(17)15-7-14-10/h7-8H,3-6,13H2,1-2H3,(H,14,15,17). The summed E-state index contributed by atoms with van der Waals surface area (Å²) in [7, 11) is 0. The minimum Gasteiger partial charge on any atom is -0.351 e. The summed E-state index contributed by atoms with van der Waals surface area (Å²) in [5.41, 5.74) is 5.47. The molecule has 0 aromatic carbocycles. The third-order valence-corrected chi connectivity index (χ3v) is 3.52. The highest BCUT2D eigenvalue weighted by molar-refractivity contribution is 9.10. The van der Waals surface area contributed by atoms with Gasteiger partial charge in [0.25, 0.3) is 5.56 Å². The van der Waals surface area contributed by atoms with Gasteiger partial charge < -0.3 is 15.6 Å². The minimum absolute atomic E-state index is 0.164. The summed E-state index contributed by atoms with van der Waals surface area (Å²) in [5.74, 6) is 0.674. The number of halogens is 1. The fourth-order valence-corrected chi connectivity index (χ4v) is 2.35. The number of nitrogens with one attached hydrogen (secondary N) is 1. The van der Waals surface area contributed by atoms with Gasteiger partial charge in [0.2, 0.25) is 0 Å². The Morgan fingerprint density at radius 3 is 2.71 bits per heavy atom. The molecule has 3 N–H and O–H groups in total. The van der Waals surface area contributed by atoms with E-state index in [1.165, 1.54) is 6.33 Å². The van der Waals surface area contributed by atoms with Crippen LogP contribution >= 0.6 is 15.9 Å². The van der Waals surface area contributed by atoms with E-state index in [9.17, 15) is 4.79 Å². The Labute approximate surface area is 110 Å². The van der Waals surface area contributed by atoms with Crippen molar-refractivity contribution >= 4 is 21.7 Å². The van der Waals surface area contributed by atoms with Crippen molar-refractivity contribution in [3.8, 4) is 0 Å². The van der Waals surface area contributed by atoms with Crippen LogP contribution in [0.4, 0.5) is 5.82 Å². The molecule has 1 heterocycles. The fraction of sp³-hybridized carbons (Fsp3) is 0.636. The number of hydrogen-bond donors (Lipinski definition) is 2. The molecule has 0 aliphatic heterocycles. The molecule has 0 spiro atoms. The monoisotopic (exact) mass is 302 g/mol. The van der Waals surface area contributed by atoms with Crippen LogP contribution in [0.5, 0.6) is 0 Å². The first-order valence-electron chi connectivity index (χ1n) is 5.85. The number of nitrogens with two attached hydrogens (primary N) is 1. The smallest absolute Gasteiger partial charge is 0.267 e. The van der Waals surface area contributed by atoms with Crippen LogP contribution in [0.1, 0.15) is 26.7 Å². The zero-order chi connectivity index (χ0) is 12.8. The third kappa shape index (κ3) is 3.29. The maximum atomic E-state index is 11.5. The van der Waals surface area contributed by atoms with Crippen LogP contribution in [0, 0.1) is 0 Å². The van der Waals surface area contributed by atoms with Gasteiger partial charge in [-0.2, -0.15) is 0 Å². The summed E-state index contributed by atoms with van der Waals surface area (Å²) in [6.07, 6.45) is 3.42. The molecule has 17 heavy (non-hydrogen) atoms. The molecule has 5 nitrogen and oxygen atoms in total. The topological polar surface area (TPSA) is 75.0 Å². The second kappa shape index (κ2) is 6.76. The summed E-state index contributed by atoms with van der Waals surface area (Å²) in [6.45, 7) is 5.48. The molecule has 6 heteroatoms. The van der Waals surface area contributed by atoms with Crippen LogP contribution in [-0.2, 0) is 0 Å². The lowest BCUT2D eigenvalue weighted by molar-refractivity contribution is 0.552. The second-order valence-corrected chi connectivity index (χ2v) is 4.61. The number of H-pyrrole nitrogens is 1. The van der Waals surface area contributed by atoms with E-state index in [4.69, 9.17) is 5.73 Å². The maximum absolute atomic E-state index is 11.5. The largest absolute Gasteiger partial charge is 0.351 e. The first-order chi connectivity index (χ1) is 8.15. The molecule has 1 aromatic rings. The number of aromatic nitrogens is 2. The summed E-state index contributed by atoms with van der Waals surface area (Å²) < 4.78 is 0.473. The minimum atomic E-state index is -0.164. The van der Waals surface area contributed by atoms with Gasteiger partial charge >= 0.3 is 0 Å². The quantitative estimate of drug-likeness (QED) is 0.835. The average molecular weight is 303 g/mol. The van der Waals surface area contributed by atoms with E-state index < -0.39 is 0 Å². The number of anilines is 1. The van der Waals surface area contributed by atoms with Crippen molar-refractivity contribution in [3.05, 3.63) is 21.2 Å². The van der Waals surface area contributed by atoms with Crippen LogP contribution in [0.15, 0.2) is 15.6 Å². The average Bonchev–Trinajstić information content (AvgIpc) is 2.33. The first-order valence-corrected chi connectivity index (χ1v) is 6.64. The van der Waals surface area contributed by atoms with Crippen molar-refractivity contribution in [2.75, 3.05) is 18.0 Å². The Morgan fingerprint density at radius 1 is 1.53 bits per heavy atom. The number of nitrogens with zero attached hydrogens (tertiary/aromatic N) is 2. The summed E-state index contributed by atoms with van der Waals surface area (Å²) >= 11 is 3.29.